The summed E-state index contributed by atoms with van der Waals surface area (Å²) in [5.41, 5.74) is 3.46. The third-order valence-electron chi connectivity index (χ3n) is 6.25. The lowest BCUT2D eigenvalue weighted by molar-refractivity contribution is -0.125. The van der Waals surface area contributed by atoms with E-state index < -0.39 is 0 Å². The molecule has 0 bridgehead atoms. The van der Waals surface area contributed by atoms with E-state index in [0.717, 1.165) is 45.4 Å². The molecule has 26 heavy (non-hydrogen) atoms. The quantitative estimate of drug-likeness (QED) is 0.726. The molecule has 2 amide bonds. The van der Waals surface area contributed by atoms with Crippen LogP contribution in [-0.4, -0.2) is 56.3 Å². The summed E-state index contributed by atoms with van der Waals surface area (Å²) in [6, 6.07) is 0.0218. The van der Waals surface area contributed by atoms with Gasteiger partial charge in [-0.3, -0.25) is 0 Å². The van der Waals surface area contributed by atoms with Gasteiger partial charge in [-0.1, -0.05) is 51.0 Å². The summed E-state index contributed by atoms with van der Waals surface area (Å²) in [6.07, 6.45) is 9.02. The molecule has 0 fully saturated rings. The van der Waals surface area contributed by atoms with Crippen LogP contribution >= 0.6 is 0 Å². The van der Waals surface area contributed by atoms with Crippen molar-refractivity contribution in [1.82, 2.24) is 15.3 Å². The van der Waals surface area contributed by atoms with Crippen molar-refractivity contribution in [2.45, 2.75) is 53.4 Å². The van der Waals surface area contributed by atoms with Crippen molar-refractivity contribution in [3.05, 3.63) is 23.3 Å². The van der Waals surface area contributed by atoms with Crippen molar-refractivity contribution in [3.63, 3.8) is 0 Å². The minimum atomic E-state index is 0.0218. The molecule has 2 aliphatic rings. The molecular weight excluding hydrogens is 326 g/mol. The number of hydrogen-bond donors (Lipinski definition) is 1. The van der Waals surface area contributed by atoms with Crippen LogP contribution in [0.5, 0.6) is 0 Å². The molecule has 0 atom stereocenters. The van der Waals surface area contributed by atoms with Gasteiger partial charge in [0.15, 0.2) is 0 Å². The minimum Gasteiger partial charge on any atom is -0.341 e. The molecule has 0 radical (unpaired) electrons. The second-order valence-electron chi connectivity index (χ2n) is 8.80. The normalized spacial score (nSPS) is 19.8. The third kappa shape index (κ3) is 5.10. The summed E-state index contributed by atoms with van der Waals surface area (Å²) in [6.45, 7) is 12.9. The largest absolute Gasteiger partial charge is 0.341 e. The second kappa shape index (κ2) is 8.57. The van der Waals surface area contributed by atoms with E-state index in [-0.39, 0.29) is 16.9 Å². The number of rotatable bonds is 6. The summed E-state index contributed by atoms with van der Waals surface area (Å²) < 4.78 is 0. The van der Waals surface area contributed by atoms with E-state index in [1.165, 1.54) is 12.0 Å². The summed E-state index contributed by atoms with van der Waals surface area (Å²) in [5.74, 6) is 0. The Bertz CT molecular complexity index is 564. The van der Waals surface area contributed by atoms with Gasteiger partial charge in [-0.05, 0) is 36.5 Å². The Labute approximate surface area is 159 Å². The molecule has 0 saturated heterocycles. The molecule has 0 saturated carbocycles. The van der Waals surface area contributed by atoms with E-state index in [0.29, 0.717) is 0 Å². The van der Waals surface area contributed by atoms with Crippen LogP contribution in [0.15, 0.2) is 23.3 Å². The zero-order valence-electron chi connectivity index (χ0n) is 17.5. The average Bonchev–Trinajstić information content (AvgIpc) is 2.66. The topological polar surface area (TPSA) is 44.8 Å². The Morgan fingerprint density at radius 1 is 1.04 bits per heavy atom. The van der Waals surface area contributed by atoms with Gasteiger partial charge in [0.2, 0.25) is 0 Å². The Morgan fingerprint density at radius 2 is 1.58 bits per heavy atom. The van der Waals surface area contributed by atoms with Gasteiger partial charge < -0.3 is 15.1 Å². The molecule has 0 aromatic heterocycles. The molecule has 148 valence electrons. The maximum atomic E-state index is 11.8. The number of hydrogen-bond acceptors (Lipinski definition) is 3. The molecule has 5 nitrogen and oxygen atoms in total. The lowest BCUT2D eigenvalue weighted by Crippen LogP contribution is -2.41. The first-order valence-electron chi connectivity index (χ1n) is 9.84. The fraction of sp³-hybridized carbons (Fsp3) is 0.762. The van der Waals surface area contributed by atoms with Crippen molar-refractivity contribution in [1.29, 1.82) is 0 Å². The van der Waals surface area contributed by atoms with Crippen molar-refractivity contribution in [2.24, 2.45) is 10.8 Å². The number of urea groups is 1. The zero-order chi connectivity index (χ0) is 19.4. The number of amides is 2. The van der Waals surface area contributed by atoms with Crippen LogP contribution < -0.4 is 5.32 Å². The Balaban J connectivity index is 1.94. The van der Waals surface area contributed by atoms with Gasteiger partial charge >= 0.3 is 6.03 Å². The average molecular weight is 364 g/mol. The lowest BCUT2D eigenvalue weighted by Gasteiger charge is -2.38. The minimum absolute atomic E-state index is 0.0218. The highest BCUT2D eigenvalue weighted by molar-refractivity contribution is 5.74. The summed E-state index contributed by atoms with van der Waals surface area (Å²) in [4.78, 5) is 19.0. The third-order valence-corrected chi connectivity index (χ3v) is 6.25. The van der Waals surface area contributed by atoms with Gasteiger partial charge in [-0.25, -0.2) is 4.79 Å². The highest BCUT2D eigenvalue weighted by Crippen LogP contribution is 2.42. The van der Waals surface area contributed by atoms with Crippen LogP contribution in [0.1, 0.15) is 53.4 Å². The fourth-order valence-corrected chi connectivity index (χ4v) is 4.00. The van der Waals surface area contributed by atoms with Crippen molar-refractivity contribution < 1.29 is 9.63 Å². The van der Waals surface area contributed by atoms with Crippen LogP contribution in [0.4, 0.5) is 4.79 Å². The summed E-state index contributed by atoms with van der Waals surface area (Å²) >= 11 is 0. The fourth-order valence-electron chi connectivity index (χ4n) is 4.00. The van der Waals surface area contributed by atoms with E-state index in [2.05, 4.69) is 45.2 Å². The molecule has 0 unspecified atom stereocenters. The van der Waals surface area contributed by atoms with Gasteiger partial charge in [0.25, 0.3) is 0 Å². The van der Waals surface area contributed by atoms with Gasteiger partial charge in [-0.2, -0.15) is 5.06 Å². The van der Waals surface area contributed by atoms with Crippen molar-refractivity contribution >= 4 is 6.03 Å². The van der Waals surface area contributed by atoms with Crippen molar-refractivity contribution in [3.8, 4) is 0 Å². The van der Waals surface area contributed by atoms with Gasteiger partial charge in [0.05, 0.1) is 7.11 Å². The Morgan fingerprint density at radius 3 is 1.96 bits per heavy atom. The van der Waals surface area contributed by atoms with Crippen molar-refractivity contribution in [2.75, 3.05) is 40.3 Å². The molecule has 0 aliphatic carbocycles. The maximum absolute atomic E-state index is 11.8. The summed E-state index contributed by atoms with van der Waals surface area (Å²) in [5, 5.41) is 4.72. The van der Waals surface area contributed by atoms with E-state index >= 15 is 0 Å². The lowest BCUT2D eigenvalue weighted by atomic mass is 9.70. The van der Waals surface area contributed by atoms with E-state index in [9.17, 15) is 4.79 Å². The standard InChI is InChI=1S/C21H37N3O2/c1-20(2,17-7-13-23(14-8-17)19(25)22-5)11-12-21(3,4)18-9-15-24(26-6)16-10-18/h7,9H,8,10-16H2,1-6H3,(H,22,25). The summed E-state index contributed by atoms with van der Waals surface area (Å²) in [7, 11) is 3.44. The zero-order valence-corrected chi connectivity index (χ0v) is 17.5. The number of carbonyl (C=O) groups excluding carboxylic acids is 1. The van der Waals surface area contributed by atoms with E-state index in [1.54, 1.807) is 19.7 Å². The monoisotopic (exact) mass is 363 g/mol. The molecule has 0 aromatic carbocycles. The van der Waals surface area contributed by atoms with Gasteiger partial charge in [-0.15, -0.1) is 0 Å². The van der Waals surface area contributed by atoms with E-state index in [1.807, 2.05) is 9.96 Å². The first-order valence-corrected chi connectivity index (χ1v) is 9.84. The Kier molecular flexibility index (Phi) is 6.92. The van der Waals surface area contributed by atoms with Gasteiger partial charge in [0.1, 0.15) is 0 Å². The smallest absolute Gasteiger partial charge is 0.317 e. The predicted molar refractivity (Wildman–Crippen MR) is 107 cm³/mol. The van der Waals surface area contributed by atoms with Crippen LogP contribution in [0.2, 0.25) is 0 Å². The van der Waals surface area contributed by atoms with Gasteiger partial charge in [0, 0.05) is 33.2 Å². The van der Waals surface area contributed by atoms with Crippen LogP contribution in [0.3, 0.4) is 0 Å². The van der Waals surface area contributed by atoms with Crippen LogP contribution in [-0.2, 0) is 4.84 Å². The Hall–Kier alpha value is -1.33. The maximum Gasteiger partial charge on any atom is 0.317 e. The first-order chi connectivity index (χ1) is 12.2. The SMILES string of the molecule is CNC(=O)N1CC=C(C(C)(C)CCC(C)(C)C2=CCN(OC)CC2)CC1. The molecule has 0 spiro atoms. The molecule has 5 heteroatoms. The molecule has 2 aliphatic heterocycles. The molecular formula is C21H37N3O2. The first kappa shape index (κ1) is 21.0. The van der Waals surface area contributed by atoms with Crippen LogP contribution in [0.25, 0.3) is 0 Å². The molecule has 0 aromatic rings. The highest BCUT2D eigenvalue weighted by Gasteiger charge is 2.32. The highest BCUT2D eigenvalue weighted by atomic mass is 16.7. The second-order valence-corrected chi connectivity index (χ2v) is 8.80. The van der Waals surface area contributed by atoms with Crippen LogP contribution in [0, 0.1) is 10.8 Å². The number of carbonyl (C=O) groups is 1. The number of nitrogens with zero attached hydrogens (tertiary/aromatic N) is 2. The molecule has 1 N–H and O–H groups in total. The predicted octanol–water partition coefficient (Wildman–Crippen LogP) is 3.98. The molecule has 2 rings (SSSR count). The number of nitrogens with one attached hydrogen (secondary N) is 1. The molecule has 2 heterocycles. The van der Waals surface area contributed by atoms with E-state index in [4.69, 9.17) is 4.84 Å². The number of hydroxylamine groups is 2.